The molecule has 0 bridgehead atoms. The zero-order valence-electron chi connectivity index (χ0n) is 7.40. The number of carbonyl (C=O) groups is 1. The highest BCUT2D eigenvalue weighted by Crippen LogP contribution is 2.19. The van der Waals surface area contributed by atoms with Crippen molar-refractivity contribution >= 4 is 6.09 Å². The van der Waals surface area contributed by atoms with Gasteiger partial charge in [-0.1, -0.05) is 0 Å². The second-order valence-electron chi connectivity index (χ2n) is 3.47. The molecule has 2 unspecified atom stereocenters. The Kier molecular flexibility index (Phi) is 2.37. The summed E-state index contributed by atoms with van der Waals surface area (Å²) < 4.78 is 4.88. The fraction of sp³-hybridized carbons (Fsp3) is 0.875. The number of carbonyl (C=O) groups excluding carboxylic acids is 1. The first kappa shape index (κ1) is 8.77. The Labute approximate surface area is 76.7 Å². The van der Waals surface area contributed by atoms with Crippen LogP contribution in [0.3, 0.4) is 0 Å². The largest absolute Gasteiger partial charge is 0.447 e. The van der Waals surface area contributed by atoms with E-state index in [1.54, 1.807) is 4.90 Å². The van der Waals surface area contributed by atoms with E-state index >= 15 is 0 Å². The summed E-state index contributed by atoms with van der Waals surface area (Å²) in [6, 6.07) is 0.0598. The lowest BCUT2D eigenvalue weighted by molar-refractivity contribution is 0.135. The molecule has 0 aromatic rings. The van der Waals surface area contributed by atoms with Gasteiger partial charge in [-0.2, -0.15) is 0 Å². The van der Waals surface area contributed by atoms with Crippen molar-refractivity contribution in [3.8, 4) is 0 Å². The SMILES string of the molecule is O=C1OCC(CO)N1C1CCNC1. The quantitative estimate of drug-likeness (QED) is 0.590. The van der Waals surface area contributed by atoms with E-state index in [2.05, 4.69) is 5.32 Å². The molecule has 0 spiro atoms. The molecule has 13 heavy (non-hydrogen) atoms. The molecule has 2 fully saturated rings. The molecule has 1 amide bonds. The van der Waals surface area contributed by atoms with E-state index in [1.165, 1.54) is 0 Å². The van der Waals surface area contributed by atoms with Crippen molar-refractivity contribution in [2.75, 3.05) is 26.3 Å². The lowest BCUT2D eigenvalue weighted by atomic mass is 10.2. The third-order valence-electron chi connectivity index (χ3n) is 2.64. The minimum atomic E-state index is -0.284. The average molecular weight is 186 g/mol. The summed E-state index contributed by atoms with van der Waals surface area (Å²) in [6.07, 6.45) is 0.666. The zero-order chi connectivity index (χ0) is 9.26. The number of hydrogen-bond acceptors (Lipinski definition) is 4. The Hall–Kier alpha value is -0.810. The summed E-state index contributed by atoms with van der Waals surface area (Å²) in [5.74, 6) is 0. The van der Waals surface area contributed by atoms with Gasteiger partial charge in [0.2, 0.25) is 0 Å². The van der Waals surface area contributed by atoms with Gasteiger partial charge in [-0.3, -0.25) is 4.90 Å². The molecule has 2 saturated heterocycles. The van der Waals surface area contributed by atoms with Crippen molar-refractivity contribution < 1.29 is 14.6 Å². The van der Waals surface area contributed by atoms with Crippen LogP contribution in [0.15, 0.2) is 0 Å². The third kappa shape index (κ3) is 1.49. The maximum absolute atomic E-state index is 11.3. The van der Waals surface area contributed by atoms with E-state index in [1.807, 2.05) is 0 Å². The number of nitrogens with zero attached hydrogens (tertiary/aromatic N) is 1. The van der Waals surface area contributed by atoms with E-state index in [4.69, 9.17) is 9.84 Å². The van der Waals surface area contributed by atoms with Gasteiger partial charge in [-0.05, 0) is 13.0 Å². The summed E-state index contributed by atoms with van der Waals surface area (Å²) >= 11 is 0. The predicted octanol–water partition coefficient (Wildman–Crippen LogP) is -0.839. The first-order chi connectivity index (χ1) is 6.33. The van der Waals surface area contributed by atoms with Crippen LogP contribution in [0, 0.1) is 0 Å². The first-order valence-corrected chi connectivity index (χ1v) is 4.59. The van der Waals surface area contributed by atoms with Gasteiger partial charge in [0.15, 0.2) is 0 Å². The molecule has 5 nitrogen and oxygen atoms in total. The van der Waals surface area contributed by atoms with Gasteiger partial charge in [0.05, 0.1) is 12.6 Å². The Morgan fingerprint density at radius 3 is 3.15 bits per heavy atom. The van der Waals surface area contributed by atoms with Crippen LogP contribution in [0.1, 0.15) is 6.42 Å². The van der Waals surface area contributed by atoms with E-state index in [9.17, 15) is 4.79 Å². The standard InChI is InChI=1S/C8H14N2O3/c11-4-7-5-13-8(12)10(7)6-1-2-9-3-6/h6-7,9,11H,1-5H2. The zero-order valence-corrected chi connectivity index (χ0v) is 7.40. The van der Waals surface area contributed by atoms with Crippen LogP contribution in [-0.2, 0) is 4.74 Å². The lowest BCUT2D eigenvalue weighted by Gasteiger charge is -2.25. The molecule has 0 saturated carbocycles. The first-order valence-electron chi connectivity index (χ1n) is 4.59. The number of hydrogen-bond donors (Lipinski definition) is 2. The van der Waals surface area contributed by atoms with Gasteiger partial charge in [-0.15, -0.1) is 0 Å². The number of rotatable bonds is 2. The predicted molar refractivity (Wildman–Crippen MR) is 45.3 cm³/mol. The molecule has 2 heterocycles. The van der Waals surface area contributed by atoms with Crippen LogP contribution in [-0.4, -0.2) is 54.5 Å². The molecule has 2 rings (SSSR count). The lowest BCUT2D eigenvalue weighted by Crippen LogP contribution is -2.44. The fourth-order valence-corrected chi connectivity index (χ4v) is 1.94. The normalized spacial score (nSPS) is 33.9. The molecular weight excluding hydrogens is 172 g/mol. The fourth-order valence-electron chi connectivity index (χ4n) is 1.94. The average Bonchev–Trinajstić information content (AvgIpc) is 2.72. The monoisotopic (exact) mass is 186 g/mol. The summed E-state index contributed by atoms with van der Waals surface area (Å²) in [6.45, 7) is 2.06. The highest BCUT2D eigenvalue weighted by molar-refractivity contribution is 5.70. The van der Waals surface area contributed by atoms with Gasteiger partial charge in [0, 0.05) is 12.6 Å². The topological polar surface area (TPSA) is 61.8 Å². The Morgan fingerprint density at radius 1 is 1.69 bits per heavy atom. The molecular formula is C8H14N2O3. The summed E-state index contributed by atoms with van der Waals surface area (Å²) in [7, 11) is 0. The molecule has 0 aromatic heterocycles. The van der Waals surface area contributed by atoms with Gasteiger partial charge in [0.1, 0.15) is 6.61 Å². The van der Waals surface area contributed by atoms with Crippen LogP contribution >= 0.6 is 0 Å². The van der Waals surface area contributed by atoms with E-state index in [0.29, 0.717) is 6.61 Å². The third-order valence-corrected chi connectivity index (χ3v) is 2.64. The van der Waals surface area contributed by atoms with Crippen molar-refractivity contribution in [1.29, 1.82) is 0 Å². The van der Waals surface area contributed by atoms with Crippen molar-refractivity contribution in [2.45, 2.75) is 18.5 Å². The van der Waals surface area contributed by atoms with Crippen LogP contribution in [0.25, 0.3) is 0 Å². The Morgan fingerprint density at radius 2 is 2.54 bits per heavy atom. The molecule has 0 aliphatic carbocycles. The molecule has 0 radical (unpaired) electrons. The maximum Gasteiger partial charge on any atom is 0.410 e. The number of amides is 1. The van der Waals surface area contributed by atoms with Crippen LogP contribution in [0.5, 0.6) is 0 Å². The van der Waals surface area contributed by atoms with Gasteiger partial charge >= 0.3 is 6.09 Å². The number of nitrogens with one attached hydrogen (secondary N) is 1. The minimum Gasteiger partial charge on any atom is -0.447 e. The highest BCUT2D eigenvalue weighted by Gasteiger charge is 2.38. The molecule has 74 valence electrons. The number of aliphatic hydroxyl groups excluding tert-OH is 1. The molecule has 0 aromatic carbocycles. The molecule has 2 atom stereocenters. The Bertz CT molecular complexity index is 204. The van der Waals surface area contributed by atoms with E-state index in [0.717, 1.165) is 19.5 Å². The highest BCUT2D eigenvalue weighted by atomic mass is 16.6. The number of cyclic esters (lactones) is 1. The van der Waals surface area contributed by atoms with Crippen LogP contribution in [0.2, 0.25) is 0 Å². The van der Waals surface area contributed by atoms with E-state index < -0.39 is 0 Å². The van der Waals surface area contributed by atoms with Gasteiger partial charge in [0.25, 0.3) is 0 Å². The second-order valence-corrected chi connectivity index (χ2v) is 3.47. The summed E-state index contributed by atoms with van der Waals surface area (Å²) in [5, 5.41) is 12.2. The smallest absolute Gasteiger partial charge is 0.410 e. The molecule has 2 aliphatic rings. The molecule has 5 heteroatoms. The van der Waals surface area contributed by atoms with Gasteiger partial charge < -0.3 is 15.2 Å². The van der Waals surface area contributed by atoms with Crippen LogP contribution < -0.4 is 5.32 Å². The number of ether oxygens (including phenoxy) is 1. The van der Waals surface area contributed by atoms with Crippen molar-refractivity contribution in [3.63, 3.8) is 0 Å². The minimum absolute atomic E-state index is 0.0117. The molecule has 2 N–H and O–H groups in total. The van der Waals surface area contributed by atoms with Crippen molar-refractivity contribution in [1.82, 2.24) is 10.2 Å². The Balaban J connectivity index is 2.04. The van der Waals surface area contributed by atoms with Crippen LogP contribution in [0.4, 0.5) is 4.79 Å². The second kappa shape index (κ2) is 3.51. The number of aliphatic hydroxyl groups is 1. The van der Waals surface area contributed by atoms with E-state index in [-0.39, 0.29) is 24.8 Å². The maximum atomic E-state index is 11.3. The van der Waals surface area contributed by atoms with Crippen molar-refractivity contribution in [2.24, 2.45) is 0 Å². The summed E-state index contributed by atoms with van der Waals surface area (Å²) in [4.78, 5) is 13.0. The summed E-state index contributed by atoms with van der Waals surface area (Å²) in [5.41, 5.74) is 0. The molecule has 2 aliphatic heterocycles. The van der Waals surface area contributed by atoms with Gasteiger partial charge in [-0.25, -0.2) is 4.79 Å². The van der Waals surface area contributed by atoms with Crippen molar-refractivity contribution in [3.05, 3.63) is 0 Å².